The highest BCUT2D eigenvalue weighted by atomic mass is 32.2. The molecule has 1 aliphatic carbocycles. The van der Waals surface area contributed by atoms with Crippen molar-refractivity contribution in [2.45, 2.75) is 50.0 Å². The van der Waals surface area contributed by atoms with Crippen LogP contribution in [0.2, 0.25) is 0 Å². The molecule has 2 rings (SSSR count). The number of rotatable bonds is 5. The van der Waals surface area contributed by atoms with E-state index in [1.807, 2.05) is 6.92 Å². The van der Waals surface area contributed by atoms with Crippen LogP contribution in [0.25, 0.3) is 0 Å². The first-order chi connectivity index (χ1) is 9.54. The van der Waals surface area contributed by atoms with Gasteiger partial charge in [0.15, 0.2) is 5.82 Å². The number of anilines is 1. The summed E-state index contributed by atoms with van der Waals surface area (Å²) in [5.41, 5.74) is 2.32. The Bertz CT molecular complexity index is 541. The Labute approximate surface area is 120 Å². The highest BCUT2D eigenvalue weighted by Crippen LogP contribution is 2.27. The van der Waals surface area contributed by atoms with Crippen molar-refractivity contribution in [1.82, 2.24) is 9.71 Å². The molecule has 112 valence electrons. The lowest BCUT2D eigenvalue weighted by atomic mass is 9.85. The van der Waals surface area contributed by atoms with Crippen LogP contribution in [0.4, 0.5) is 5.82 Å². The van der Waals surface area contributed by atoms with Crippen LogP contribution in [0.1, 0.15) is 39.0 Å². The van der Waals surface area contributed by atoms with Crippen molar-refractivity contribution in [2.24, 2.45) is 11.8 Å². The van der Waals surface area contributed by atoms with Gasteiger partial charge in [-0.3, -0.25) is 0 Å². The molecule has 1 heterocycles. The number of hydrazine groups is 1. The molecule has 4 N–H and O–H groups in total. The minimum atomic E-state index is -3.61. The molecule has 1 aromatic rings. The molecule has 1 saturated carbocycles. The molecule has 0 saturated heterocycles. The van der Waals surface area contributed by atoms with E-state index in [0.29, 0.717) is 5.92 Å². The van der Waals surface area contributed by atoms with Crippen molar-refractivity contribution in [1.29, 1.82) is 0 Å². The summed E-state index contributed by atoms with van der Waals surface area (Å²) >= 11 is 0. The molecule has 0 aromatic carbocycles. The van der Waals surface area contributed by atoms with E-state index in [4.69, 9.17) is 5.84 Å². The Morgan fingerprint density at radius 3 is 2.70 bits per heavy atom. The van der Waals surface area contributed by atoms with Crippen molar-refractivity contribution in [3.05, 3.63) is 18.3 Å². The monoisotopic (exact) mass is 298 g/mol. The summed E-state index contributed by atoms with van der Waals surface area (Å²) in [6, 6.07) is 3.00. The summed E-state index contributed by atoms with van der Waals surface area (Å²) in [6.45, 7) is 1.93. The van der Waals surface area contributed by atoms with E-state index in [-0.39, 0.29) is 16.8 Å². The van der Waals surface area contributed by atoms with E-state index < -0.39 is 10.0 Å². The second-order valence-corrected chi connectivity index (χ2v) is 6.98. The van der Waals surface area contributed by atoms with Gasteiger partial charge in [0.2, 0.25) is 10.0 Å². The van der Waals surface area contributed by atoms with Crippen LogP contribution in [-0.4, -0.2) is 19.4 Å². The smallest absolute Gasteiger partial charge is 0.244 e. The average Bonchev–Trinajstić information content (AvgIpc) is 2.47. The molecular formula is C13H22N4O2S. The second-order valence-electron chi connectivity index (χ2n) is 5.30. The molecule has 1 aromatic heterocycles. The fourth-order valence-electron chi connectivity index (χ4n) is 2.75. The fourth-order valence-corrected chi connectivity index (χ4v) is 4.19. The minimum absolute atomic E-state index is 0.0777. The standard InChI is InChI=1S/C13H22N4O2S/c1-10(11-6-3-2-4-7-11)17-20(18,19)12-8-5-9-15-13(12)16-14/h5,8-11,17H,2-4,6-7,14H2,1H3,(H,15,16). The summed E-state index contributed by atoms with van der Waals surface area (Å²) < 4.78 is 27.6. The summed E-state index contributed by atoms with van der Waals surface area (Å²) in [5.74, 6) is 5.89. The van der Waals surface area contributed by atoms with Gasteiger partial charge in [-0.15, -0.1) is 0 Å². The number of hydrogen-bond donors (Lipinski definition) is 3. The average molecular weight is 298 g/mol. The van der Waals surface area contributed by atoms with Crippen molar-refractivity contribution in [2.75, 3.05) is 5.43 Å². The number of pyridine rings is 1. The number of aromatic nitrogens is 1. The number of nitrogens with two attached hydrogens (primary N) is 1. The highest BCUT2D eigenvalue weighted by Gasteiger charge is 2.26. The summed E-state index contributed by atoms with van der Waals surface area (Å²) in [6.07, 6.45) is 7.27. The topological polar surface area (TPSA) is 97.1 Å². The maximum atomic E-state index is 12.4. The van der Waals surface area contributed by atoms with Crippen LogP contribution in [0.3, 0.4) is 0 Å². The molecule has 20 heavy (non-hydrogen) atoms. The van der Waals surface area contributed by atoms with Gasteiger partial charge >= 0.3 is 0 Å². The number of nitrogens with one attached hydrogen (secondary N) is 2. The molecule has 6 nitrogen and oxygen atoms in total. The second kappa shape index (κ2) is 6.51. The van der Waals surface area contributed by atoms with Crippen LogP contribution in [0, 0.1) is 5.92 Å². The van der Waals surface area contributed by atoms with Crippen molar-refractivity contribution in [3.63, 3.8) is 0 Å². The Morgan fingerprint density at radius 2 is 2.05 bits per heavy atom. The van der Waals surface area contributed by atoms with Gasteiger partial charge in [0.1, 0.15) is 4.90 Å². The zero-order valence-electron chi connectivity index (χ0n) is 11.7. The van der Waals surface area contributed by atoms with Gasteiger partial charge in [0.25, 0.3) is 0 Å². The van der Waals surface area contributed by atoms with Crippen LogP contribution < -0.4 is 16.0 Å². The molecular weight excluding hydrogens is 276 g/mol. The van der Waals surface area contributed by atoms with Gasteiger partial charge in [0, 0.05) is 12.2 Å². The summed E-state index contributed by atoms with van der Waals surface area (Å²) in [4.78, 5) is 4.02. The number of sulfonamides is 1. The van der Waals surface area contributed by atoms with Crippen LogP contribution in [0.15, 0.2) is 23.2 Å². The Balaban J connectivity index is 2.14. The molecule has 0 bridgehead atoms. The lowest BCUT2D eigenvalue weighted by molar-refractivity contribution is 0.303. The lowest BCUT2D eigenvalue weighted by Gasteiger charge is -2.28. The first-order valence-electron chi connectivity index (χ1n) is 6.98. The maximum Gasteiger partial charge on any atom is 0.244 e. The van der Waals surface area contributed by atoms with Gasteiger partial charge in [0.05, 0.1) is 0 Å². The molecule has 1 fully saturated rings. The lowest BCUT2D eigenvalue weighted by Crippen LogP contribution is -2.39. The number of hydrogen-bond acceptors (Lipinski definition) is 5. The van der Waals surface area contributed by atoms with Gasteiger partial charge in [-0.1, -0.05) is 19.3 Å². The summed E-state index contributed by atoms with van der Waals surface area (Å²) in [5, 5.41) is 0. The normalized spacial score (nSPS) is 18.7. The van der Waals surface area contributed by atoms with Gasteiger partial charge in [-0.2, -0.15) is 0 Å². The zero-order valence-corrected chi connectivity index (χ0v) is 12.5. The first kappa shape index (κ1) is 15.2. The van der Waals surface area contributed by atoms with Crippen LogP contribution in [0.5, 0.6) is 0 Å². The third kappa shape index (κ3) is 3.47. The van der Waals surface area contributed by atoms with Crippen molar-refractivity contribution in [3.8, 4) is 0 Å². The first-order valence-corrected chi connectivity index (χ1v) is 8.47. The van der Waals surface area contributed by atoms with E-state index in [0.717, 1.165) is 12.8 Å². The molecule has 0 aliphatic heterocycles. The molecule has 0 radical (unpaired) electrons. The molecule has 0 amide bonds. The Morgan fingerprint density at radius 1 is 1.35 bits per heavy atom. The SMILES string of the molecule is CC(NS(=O)(=O)c1cccnc1NN)C1CCCCC1. The number of nitrogen functional groups attached to an aromatic ring is 1. The molecule has 1 unspecified atom stereocenters. The van der Waals surface area contributed by atoms with E-state index in [1.165, 1.54) is 31.5 Å². The van der Waals surface area contributed by atoms with Crippen molar-refractivity contribution < 1.29 is 8.42 Å². The predicted molar refractivity (Wildman–Crippen MR) is 78.4 cm³/mol. The quantitative estimate of drug-likeness (QED) is 0.567. The highest BCUT2D eigenvalue weighted by molar-refractivity contribution is 7.89. The molecule has 1 aliphatic rings. The van der Waals surface area contributed by atoms with Crippen LogP contribution >= 0.6 is 0 Å². The van der Waals surface area contributed by atoms with E-state index in [1.54, 1.807) is 6.07 Å². The van der Waals surface area contributed by atoms with E-state index in [2.05, 4.69) is 15.1 Å². The molecule has 0 spiro atoms. The van der Waals surface area contributed by atoms with Crippen LogP contribution in [-0.2, 0) is 10.0 Å². The van der Waals surface area contributed by atoms with Crippen molar-refractivity contribution >= 4 is 15.8 Å². The third-order valence-electron chi connectivity index (χ3n) is 3.89. The molecule has 7 heteroatoms. The fraction of sp³-hybridized carbons (Fsp3) is 0.615. The number of nitrogens with zero attached hydrogens (tertiary/aromatic N) is 1. The zero-order chi connectivity index (χ0) is 14.6. The van der Waals surface area contributed by atoms with Gasteiger partial charge in [-0.05, 0) is 37.8 Å². The van der Waals surface area contributed by atoms with Gasteiger partial charge in [-0.25, -0.2) is 24.0 Å². The predicted octanol–water partition coefficient (Wildman–Crippen LogP) is 1.61. The Kier molecular flexibility index (Phi) is 4.95. The van der Waals surface area contributed by atoms with E-state index >= 15 is 0 Å². The third-order valence-corrected chi connectivity index (χ3v) is 5.49. The minimum Gasteiger partial charge on any atom is -0.307 e. The maximum absolute atomic E-state index is 12.4. The largest absolute Gasteiger partial charge is 0.307 e. The molecule has 1 atom stereocenters. The van der Waals surface area contributed by atoms with E-state index in [9.17, 15) is 8.42 Å². The summed E-state index contributed by atoms with van der Waals surface area (Å²) in [7, 11) is -3.61. The van der Waals surface area contributed by atoms with Gasteiger partial charge < -0.3 is 5.43 Å². The Hall–Kier alpha value is -1.18.